The van der Waals surface area contributed by atoms with Crippen LogP contribution in [0.1, 0.15) is 37.0 Å². The van der Waals surface area contributed by atoms with Crippen molar-refractivity contribution >= 4 is 27.5 Å². The summed E-state index contributed by atoms with van der Waals surface area (Å²) < 4.78 is 40.0. The number of carbonyl (C=O) groups excluding carboxylic acids is 2. The third kappa shape index (κ3) is 8.64. The van der Waals surface area contributed by atoms with Gasteiger partial charge in [-0.1, -0.05) is 67.1 Å². The molecule has 0 aliphatic heterocycles. The maximum absolute atomic E-state index is 14.0. The molecule has 2 unspecified atom stereocenters. The number of aryl methyl sites for hydroxylation is 1. The highest BCUT2D eigenvalue weighted by molar-refractivity contribution is 7.92. The smallest absolute Gasteiger partial charge is 0.244 e. The number of amides is 2. The Morgan fingerprint density at radius 1 is 0.923 bits per heavy atom. The summed E-state index contributed by atoms with van der Waals surface area (Å²) in [6.07, 6.45) is 1.95. The van der Waals surface area contributed by atoms with Gasteiger partial charge in [0.05, 0.1) is 11.9 Å². The fourth-order valence-electron chi connectivity index (χ4n) is 4.11. The summed E-state index contributed by atoms with van der Waals surface area (Å²) in [5.41, 5.74) is 2.87. The normalized spacial score (nSPS) is 12.8. The molecule has 208 valence electrons. The first-order valence-corrected chi connectivity index (χ1v) is 14.7. The number of nitrogens with zero attached hydrogens (tertiary/aromatic N) is 2. The van der Waals surface area contributed by atoms with Gasteiger partial charge in [-0.05, 0) is 55.7 Å². The van der Waals surface area contributed by atoms with Crippen molar-refractivity contribution in [3.8, 4) is 0 Å². The Kier molecular flexibility index (Phi) is 10.2. The van der Waals surface area contributed by atoms with Crippen LogP contribution in [0.2, 0.25) is 0 Å². The predicted octanol–water partition coefficient (Wildman–Crippen LogP) is 4.45. The van der Waals surface area contributed by atoms with E-state index in [1.807, 2.05) is 75.4 Å². The van der Waals surface area contributed by atoms with E-state index in [0.717, 1.165) is 39.4 Å². The molecule has 2 atom stereocenters. The van der Waals surface area contributed by atoms with E-state index >= 15 is 0 Å². The lowest BCUT2D eigenvalue weighted by Crippen LogP contribution is -2.54. The summed E-state index contributed by atoms with van der Waals surface area (Å²) in [7, 11) is -3.90. The summed E-state index contributed by atoms with van der Waals surface area (Å²) in [5.74, 6) is -1.39. The van der Waals surface area contributed by atoms with E-state index in [4.69, 9.17) is 0 Å². The Labute approximate surface area is 230 Å². The number of sulfonamides is 1. The average Bonchev–Trinajstić information content (AvgIpc) is 2.90. The van der Waals surface area contributed by atoms with E-state index in [1.54, 1.807) is 0 Å². The van der Waals surface area contributed by atoms with Crippen molar-refractivity contribution in [2.75, 3.05) is 17.1 Å². The molecule has 2 amide bonds. The number of hydrogen-bond donors (Lipinski definition) is 1. The maximum Gasteiger partial charge on any atom is 0.244 e. The summed E-state index contributed by atoms with van der Waals surface area (Å²) >= 11 is 0. The lowest BCUT2D eigenvalue weighted by atomic mass is 10.0. The van der Waals surface area contributed by atoms with Crippen LogP contribution in [0.3, 0.4) is 0 Å². The van der Waals surface area contributed by atoms with Gasteiger partial charge in [-0.25, -0.2) is 12.8 Å². The number of anilines is 1. The van der Waals surface area contributed by atoms with Crippen molar-refractivity contribution in [3.63, 3.8) is 0 Å². The number of rotatable bonds is 12. The molecular weight excluding hydrogens is 517 g/mol. The summed E-state index contributed by atoms with van der Waals surface area (Å²) in [6, 6.07) is 20.9. The van der Waals surface area contributed by atoms with Gasteiger partial charge in [0.2, 0.25) is 21.8 Å². The molecule has 3 aromatic rings. The number of halogens is 1. The van der Waals surface area contributed by atoms with Crippen molar-refractivity contribution in [2.45, 2.75) is 52.2 Å². The molecule has 1 N–H and O–H groups in total. The van der Waals surface area contributed by atoms with Gasteiger partial charge in [0, 0.05) is 19.0 Å². The van der Waals surface area contributed by atoms with Gasteiger partial charge in [0.1, 0.15) is 18.4 Å². The molecule has 0 bridgehead atoms. The number of hydrogen-bond acceptors (Lipinski definition) is 4. The molecule has 0 aromatic heterocycles. The zero-order chi connectivity index (χ0) is 28.6. The third-order valence-electron chi connectivity index (χ3n) is 6.54. The average molecular weight is 554 g/mol. The monoisotopic (exact) mass is 553 g/mol. The first-order valence-electron chi connectivity index (χ1n) is 12.9. The first kappa shape index (κ1) is 29.8. The fourth-order valence-corrected chi connectivity index (χ4v) is 4.96. The molecule has 3 rings (SSSR count). The molecule has 0 radical (unpaired) electrons. The van der Waals surface area contributed by atoms with Gasteiger partial charge in [0.25, 0.3) is 0 Å². The van der Waals surface area contributed by atoms with Crippen molar-refractivity contribution in [2.24, 2.45) is 0 Å². The van der Waals surface area contributed by atoms with Crippen LogP contribution in [0, 0.1) is 12.7 Å². The minimum absolute atomic E-state index is 0.103. The Hall–Kier alpha value is -3.72. The lowest BCUT2D eigenvalue weighted by Gasteiger charge is -2.34. The topological polar surface area (TPSA) is 86.8 Å². The van der Waals surface area contributed by atoms with Crippen molar-refractivity contribution < 1.29 is 22.4 Å². The molecule has 0 saturated heterocycles. The lowest BCUT2D eigenvalue weighted by molar-refractivity contribution is -0.140. The first-order chi connectivity index (χ1) is 18.5. The Balaban J connectivity index is 2.04. The summed E-state index contributed by atoms with van der Waals surface area (Å²) in [6.45, 7) is 5.36. The van der Waals surface area contributed by atoms with Gasteiger partial charge in [-0.3, -0.25) is 13.9 Å². The van der Waals surface area contributed by atoms with Crippen LogP contribution in [0.5, 0.6) is 0 Å². The van der Waals surface area contributed by atoms with Crippen LogP contribution in [-0.4, -0.2) is 50.0 Å². The van der Waals surface area contributed by atoms with E-state index in [1.165, 1.54) is 17.0 Å². The highest BCUT2D eigenvalue weighted by Gasteiger charge is 2.33. The van der Waals surface area contributed by atoms with E-state index in [2.05, 4.69) is 5.32 Å². The van der Waals surface area contributed by atoms with Crippen molar-refractivity contribution in [1.82, 2.24) is 10.2 Å². The van der Waals surface area contributed by atoms with Gasteiger partial charge >= 0.3 is 0 Å². The largest absolute Gasteiger partial charge is 0.352 e. The van der Waals surface area contributed by atoms with E-state index in [0.29, 0.717) is 6.42 Å². The molecule has 0 saturated carbocycles. The van der Waals surface area contributed by atoms with Crippen LogP contribution < -0.4 is 9.62 Å². The van der Waals surface area contributed by atoms with Crippen molar-refractivity contribution in [1.29, 1.82) is 0 Å². The van der Waals surface area contributed by atoms with Crippen LogP contribution in [0.4, 0.5) is 10.1 Å². The Morgan fingerprint density at radius 2 is 1.54 bits per heavy atom. The van der Waals surface area contributed by atoms with E-state index in [9.17, 15) is 22.4 Å². The van der Waals surface area contributed by atoms with Gasteiger partial charge in [-0.15, -0.1) is 0 Å². The van der Waals surface area contributed by atoms with Gasteiger partial charge < -0.3 is 10.2 Å². The third-order valence-corrected chi connectivity index (χ3v) is 7.68. The summed E-state index contributed by atoms with van der Waals surface area (Å²) in [4.78, 5) is 29.0. The maximum atomic E-state index is 14.0. The second-order valence-corrected chi connectivity index (χ2v) is 11.7. The Morgan fingerprint density at radius 3 is 2.10 bits per heavy atom. The number of carbonyl (C=O) groups is 2. The molecular formula is C30H36FN3O4S. The molecule has 0 aliphatic rings. The van der Waals surface area contributed by atoms with Crippen LogP contribution in [0.15, 0.2) is 78.9 Å². The number of benzene rings is 3. The van der Waals surface area contributed by atoms with Crippen LogP contribution in [-0.2, 0) is 32.6 Å². The minimum atomic E-state index is -3.90. The van der Waals surface area contributed by atoms with Gasteiger partial charge in [-0.2, -0.15) is 0 Å². The summed E-state index contributed by atoms with van der Waals surface area (Å²) in [5, 5.41) is 3.00. The van der Waals surface area contributed by atoms with E-state index < -0.39 is 34.3 Å². The zero-order valence-electron chi connectivity index (χ0n) is 22.8. The molecule has 0 heterocycles. The predicted molar refractivity (Wildman–Crippen MR) is 152 cm³/mol. The molecule has 7 nitrogen and oxygen atoms in total. The molecule has 39 heavy (non-hydrogen) atoms. The number of nitrogens with one attached hydrogen (secondary N) is 1. The zero-order valence-corrected chi connectivity index (χ0v) is 23.6. The quantitative estimate of drug-likeness (QED) is 0.359. The highest BCUT2D eigenvalue weighted by atomic mass is 32.2. The van der Waals surface area contributed by atoms with Crippen LogP contribution >= 0.6 is 0 Å². The SMILES string of the molecule is CCC(C)NC(=O)C(Cc1ccccc1)N(Cc1ccc(C)cc1)C(=O)CN(c1ccc(F)cc1)S(C)(=O)=O. The molecule has 0 spiro atoms. The van der Waals surface area contributed by atoms with Crippen molar-refractivity contribution in [3.05, 3.63) is 101 Å². The van der Waals surface area contributed by atoms with Gasteiger partial charge in [0.15, 0.2) is 0 Å². The minimum Gasteiger partial charge on any atom is -0.352 e. The molecule has 3 aromatic carbocycles. The Bertz CT molecular complexity index is 1350. The highest BCUT2D eigenvalue weighted by Crippen LogP contribution is 2.21. The standard InChI is InChI=1S/C30H36FN3O4S/c1-5-23(3)32-30(36)28(19-24-9-7-6-8-10-24)33(20-25-13-11-22(2)12-14-25)29(35)21-34(39(4,37)38)27-17-15-26(31)16-18-27/h6-18,23,28H,5,19-21H2,1-4H3,(H,32,36). The second kappa shape index (κ2) is 13.4. The fraction of sp³-hybridized carbons (Fsp3) is 0.333. The second-order valence-electron chi connectivity index (χ2n) is 9.78. The molecule has 0 fully saturated rings. The van der Waals surface area contributed by atoms with E-state index in [-0.39, 0.29) is 30.6 Å². The molecule has 0 aliphatic carbocycles. The molecule has 9 heteroatoms. The van der Waals surface area contributed by atoms with Crippen LogP contribution in [0.25, 0.3) is 0 Å².